The summed E-state index contributed by atoms with van der Waals surface area (Å²) in [6.07, 6.45) is 0.803. The summed E-state index contributed by atoms with van der Waals surface area (Å²) < 4.78 is 0.904. The predicted octanol–water partition coefficient (Wildman–Crippen LogP) is 5.09. The summed E-state index contributed by atoms with van der Waals surface area (Å²) in [4.78, 5) is 23.8. The van der Waals surface area contributed by atoms with Crippen LogP contribution in [-0.4, -0.2) is 17.0 Å². The van der Waals surface area contributed by atoms with Crippen LogP contribution in [0.4, 0.5) is 5.69 Å². The number of carbonyl (C=O) groups is 2. The van der Waals surface area contributed by atoms with Crippen molar-refractivity contribution in [3.05, 3.63) is 63.6 Å². The number of hydrogen-bond donors (Lipinski definition) is 2. The van der Waals surface area contributed by atoms with Gasteiger partial charge < -0.3 is 10.4 Å². The van der Waals surface area contributed by atoms with Crippen LogP contribution in [0.25, 0.3) is 0 Å². The standard InChI is InChI=1S/C20H22BrNO3/c1-12(2)10-16-5-4-15(13(3)20(24)25)11-18(16)22-19(23)14-6-8-17(21)9-7-14/h4-9,11-13H,10H2,1-3H3,(H,22,23)(H,24,25). The van der Waals surface area contributed by atoms with Gasteiger partial charge in [0.05, 0.1) is 5.92 Å². The third kappa shape index (κ3) is 5.16. The van der Waals surface area contributed by atoms with Crippen LogP contribution >= 0.6 is 15.9 Å². The summed E-state index contributed by atoms with van der Waals surface area (Å²) in [6, 6.07) is 12.6. The highest BCUT2D eigenvalue weighted by molar-refractivity contribution is 9.10. The van der Waals surface area contributed by atoms with Gasteiger partial charge in [0.25, 0.3) is 5.91 Å². The number of nitrogens with one attached hydrogen (secondary N) is 1. The van der Waals surface area contributed by atoms with Crippen molar-refractivity contribution in [1.82, 2.24) is 0 Å². The summed E-state index contributed by atoms with van der Waals surface area (Å²) in [6.45, 7) is 5.85. The van der Waals surface area contributed by atoms with Gasteiger partial charge in [0.15, 0.2) is 0 Å². The molecule has 1 atom stereocenters. The van der Waals surface area contributed by atoms with Crippen LogP contribution in [0.15, 0.2) is 46.9 Å². The second kappa shape index (κ2) is 8.30. The monoisotopic (exact) mass is 403 g/mol. The molecule has 2 aromatic carbocycles. The lowest BCUT2D eigenvalue weighted by Crippen LogP contribution is -2.15. The summed E-state index contributed by atoms with van der Waals surface area (Å²) in [5.74, 6) is -1.30. The predicted molar refractivity (Wildman–Crippen MR) is 103 cm³/mol. The lowest BCUT2D eigenvalue weighted by atomic mass is 9.95. The zero-order valence-electron chi connectivity index (χ0n) is 14.5. The molecule has 1 amide bonds. The van der Waals surface area contributed by atoms with Gasteiger partial charge in [-0.05, 0) is 60.7 Å². The van der Waals surface area contributed by atoms with E-state index >= 15 is 0 Å². The topological polar surface area (TPSA) is 66.4 Å². The second-order valence-electron chi connectivity index (χ2n) is 6.54. The van der Waals surface area contributed by atoms with Gasteiger partial charge in [-0.3, -0.25) is 9.59 Å². The molecule has 0 aliphatic carbocycles. The highest BCUT2D eigenvalue weighted by Crippen LogP contribution is 2.26. The van der Waals surface area contributed by atoms with Crippen molar-refractivity contribution < 1.29 is 14.7 Å². The van der Waals surface area contributed by atoms with E-state index in [2.05, 4.69) is 35.1 Å². The van der Waals surface area contributed by atoms with E-state index in [1.165, 1.54) is 0 Å². The van der Waals surface area contributed by atoms with E-state index in [4.69, 9.17) is 0 Å². The Hall–Kier alpha value is -2.14. The molecule has 2 aromatic rings. The summed E-state index contributed by atoms with van der Waals surface area (Å²) >= 11 is 3.35. The zero-order chi connectivity index (χ0) is 18.6. The van der Waals surface area contributed by atoms with Crippen LogP contribution in [0, 0.1) is 5.92 Å². The molecule has 0 bridgehead atoms. The Labute approximate surface area is 156 Å². The SMILES string of the molecule is CC(C)Cc1ccc(C(C)C(=O)O)cc1NC(=O)c1ccc(Br)cc1. The van der Waals surface area contributed by atoms with Crippen molar-refractivity contribution in [1.29, 1.82) is 0 Å². The van der Waals surface area contributed by atoms with Crippen molar-refractivity contribution in [2.24, 2.45) is 5.92 Å². The molecule has 0 aliphatic heterocycles. The molecular weight excluding hydrogens is 382 g/mol. The molecule has 132 valence electrons. The van der Waals surface area contributed by atoms with Crippen molar-refractivity contribution in [2.45, 2.75) is 33.1 Å². The van der Waals surface area contributed by atoms with Gasteiger partial charge >= 0.3 is 5.97 Å². The molecule has 4 nitrogen and oxygen atoms in total. The third-order valence-electron chi connectivity index (χ3n) is 3.99. The van der Waals surface area contributed by atoms with Gasteiger partial charge in [-0.15, -0.1) is 0 Å². The lowest BCUT2D eigenvalue weighted by molar-refractivity contribution is -0.138. The van der Waals surface area contributed by atoms with Crippen LogP contribution in [0.5, 0.6) is 0 Å². The molecule has 0 spiro atoms. The first kappa shape index (κ1) is 19.2. The fourth-order valence-electron chi connectivity index (χ4n) is 2.54. The number of anilines is 1. The van der Waals surface area contributed by atoms with E-state index < -0.39 is 11.9 Å². The molecular formula is C20H22BrNO3. The number of carbonyl (C=O) groups excluding carboxylic acids is 1. The van der Waals surface area contributed by atoms with Crippen molar-refractivity contribution in [2.75, 3.05) is 5.32 Å². The van der Waals surface area contributed by atoms with E-state index in [-0.39, 0.29) is 5.91 Å². The molecule has 2 N–H and O–H groups in total. The van der Waals surface area contributed by atoms with Gasteiger partial charge in [0, 0.05) is 15.7 Å². The number of aliphatic carboxylic acids is 1. The smallest absolute Gasteiger partial charge is 0.310 e. The first-order valence-corrected chi connectivity index (χ1v) is 8.99. The van der Waals surface area contributed by atoms with E-state index in [0.717, 1.165) is 16.5 Å². The van der Waals surface area contributed by atoms with Crippen molar-refractivity contribution in [3.63, 3.8) is 0 Å². The fraction of sp³-hybridized carbons (Fsp3) is 0.300. The van der Waals surface area contributed by atoms with E-state index in [1.54, 1.807) is 25.1 Å². The molecule has 0 heterocycles. The van der Waals surface area contributed by atoms with Gasteiger partial charge in [-0.2, -0.15) is 0 Å². The lowest BCUT2D eigenvalue weighted by Gasteiger charge is -2.16. The van der Waals surface area contributed by atoms with Gasteiger partial charge in [-0.1, -0.05) is 41.9 Å². The summed E-state index contributed by atoms with van der Waals surface area (Å²) in [7, 11) is 0. The second-order valence-corrected chi connectivity index (χ2v) is 7.45. The first-order chi connectivity index (χ1) is 11.8. The largest absolute Gasteiger partial charge is 0.481 e. The summed E-state index contributed by atoms with van der Waals surface area (Å²) in [5, 5.41) is 12.2. The number of carboxylic acids is 1. The number of rotatable bonds is 6. The Morgan fingerprint density at radius 3 is 2.28 bits per heavy atom. The zero-order valence-corrected chi connectivity index (χ0v) is 16.1. The van der Waals surface area contributed by atoms with Crippen molar-refractivity contribution in [3.8, 4) is 0 Å². The van der Waals surface area contributed by atoms with Gasteiger partial charge in [-0.25, -0.2) is 0 Å². The third-order valence-corrected chi connectivity index (χ3v) is 4.52. The molecule has 25 heavy (non-hydrogen) atoms. The molecule has 2 rings (SSSR count). The molecule has 0 radical (unpaired) electrons. The number of hydrogen-bond acceptors (Lipinski definition) is 2. The van der Waals surface area contributed by atoms with E-state index in [1.807, 2.05) is 24.3 Å². The molecule has 5 heteroatoms. The maximum Gasteiger partial charge on any atom is 0.310 e. The molecule has 0 fully saturated rings. The highest BCUT2D eigenvalue weighted by atomic mass is 79.9. The molecule has 0 aromatic heterocycles. The minimum Gasteiger partial charge on any atom is -0.481 e. The molecule has 0 saturated heterocycles. The maximum atomic E-state index is 12.5. The number of carboxylic acid groups (broad SMARTS) is 1. The van der Waals surface area contributed by atoms with Gasteiger partial charge in [0.1, 0.15) is 0 Å². The molecule has 1 unspecified atom stereocenters. The van der Waals surface area contributed by atoms with Crippen molar-refractivity contribution >= 4 is 33.5 Å². The maximum absolute atomic E-state index is 12.5. The van der Waals surface area contributed by atoms with E-state index in [9.17, 15) is 14.7 Å². The summed E-state index contributed by atoms with van der Waals surface area (Å²) in [5.41, 5.74) is 2.90. The first-order valence-electron chi connectivity index (χ1n) is 8.20. The van der Waals surface area contributed by atoms with Crippen LogP contribution < -0.4 is 5.32 Å². The Morgan fingerprint density at radius 1 is 1.08 bits per heavy atom. The minimum atomic E-state index is -0.887. The average Bonchev–Trinajstić information content (AvgIpc) is 2.55. The average molecular weight is 404 g/mol. The fourth-order valence-corrected chi connectivity index (χ4v) is 2.80. The van der Waals surface area contributed by atoms with Crippen LogP contribution in [0.2, 0.25) is 0 Å². The van der Waals surface area contributed by atoms with Crippen LogP contribution in [-0.2, 0) is 11.2 Å². The molecule has 0 aliphatic rings. The number of amides is 1. The molecule has 0 saturated carbocycles. The normalized spacial score (nSPS) is 12.0. The number of benzene rings is 2. The highest BCUT2D eigenvalue weighted by Gasteiger charge is 2.17. The Balaban J connectivity index is 2.34. The van der Waals surface area contributed by atoms with Crippen LogP contribution in [0.3, 0.4) is 0 Å². The quantitative estimate of drug-likeness (QED) is 0.705. The Bertz CT molecular complexity index is 769. The Morgan fingerprint density at radius 2 is 1.72 bits per heavy atom. The Kier molecular flexibility index (Phi) is 6.37. The van der Waals surface area contributed by atoms with Crippen LogP contribution in [0.1, 0.15) is 48.2 Å². The van der Waals surface area contributed by atoms with Gasteiger partial charge in [0.2, 0.25) is 0 Å². The number of halogens is 1. The van der Waals surface area contributed by atoms with E-state index in [0.29, 0.717) is 22.7 Å². The minimum absolute atomic E-state index is 0.211.